The quantitative estimate of drug-likeness (QED) is 0.400. The van der Waals surface area contributed by atoms with Crippen LogP contribution in [0.15, 0.2) is 88.8 Å². The molecule has 0 fully saturated rings. The molecule has 0 radical (unpaired) electrons. The van der Waals surface area contributed by atoms with E-state index < -0.39 is 6.04 Å². The minimum Gasteiger partial charge on any atom is -0.328 e. The second-order valence-electron chi connectivity index (χ2n) is 7.53. The summed E-state index contributed by atoms with van der Waals surface area (Å²) < 4.78 is 16.0. The predicted molar refractivity (Wildman–Crippen MR) is 127 cm³/mol. The normalized spacial score (nSPS) is 15.1. The average Bonchev–Trinajstić information content (AvgIpc) is 3.22. The number of hydrogen-bond acceptors (Lipinski definition) is 5. The van der Waals surface area contributed by atoms with Crippen LogP contribution in [0.2, 0.25) is 0 Å². The molecule has 1 aliphatic heterocycles. The van der Waals surface area contributed by atoms with Crippen LogP contribution >= 0.6 is 15.9 Å². The molecule has 1 amide bonds. The van der Waals surface area contributed by atoms with Gasteiger partial charge in [-0.2, -0.15) is 4.98 Å². The van der Waals surface area contributed by atoms with Crippen LogP contribution in [0.25, 0.3) is 11.4 Å². The summed E-state index contributed by atoms with van der Waals surface area (Å²) in [6.45, 7) is 1.83. The van der Waals surface area contributed by atoms with Gasteiger partial charge in [0.2, 0.25) is 5.95 Å². The molecule has 0 bridgehead atoms. The fraction of sp³-hybridized carbons (Fsp3) is 0.0833. The van der Waals surface area contributed by atoms with E-state index in [0.717, 1.165) is 10.0 Å². The number of amides is 1. The van der Waals surface area contributed by atoms with E-state index in [4.69, 9.17) is 5.10 Å². The van der Waals surface area contributed by atoms with E-state index in [-0.39, 0.29) is 11.7 Å². The molecule has 1 aliphatic rings. The van der Waals surface area contributed by atoms with E-state index in [9.17, 15) is 9.18 Å². The second-order valence-corrected chi connectivity index (χ2v) is 8.44. The molecule has 2 N–H and O–H groups in total. The van der Waals surface area contributed by atoms with Crippen molar-refractivity contribution in [2.45, 2.75) is 13.0 Å². The minimum absolute atomic E-state index is 0.276. The third-order valence-electron chi connectivity index (χ3n) is 5.28. The summed E-state index contributed by atoms with van der Waals surface area (Å²) in [5, 5.41) is 10.8. The van der Waals surface area contributed by atoms with Gasteiger partial charge in [0, 0.05) is 21.9 Å². The monoisotopic (exact) mass is 504 g/mol. The molecular weight excluding hydrogens is 487 g/mol. The molecule has 0 spiro atoms. The summed E-state index contributed by atoms with van der Waals surface area (Å²) in [5.41, 5.74) is 3.28. The van der Waals surface area contributed by atoms with Gasteiger partial charge >= 0.3 is 0 Å². The van der Waals surface area contributed by atoms with Gasteiger partial charge in [0.05, 0.1) is 17.5 Å². The van der Waals surface area contributed by atoms with Gasteiger partial charge in [-0.05, 0) is 61.0 Å². The van der Waals surface area contributed by atoms with Crippen molar-refractivity contribution in [1.29, 1.82) is 0 Å². The third kappa shape index (κ3) is 4.14. The molecule has 4 aromatic rings. The number of nitrogens with one attached hydrogen (secondary N) is 2. The number of rotatable bonds is 4. The molecule has 2 aromatic carbocycles. The number of fused-ring (bicyclic) bond motifs is 1. The number of carbonyl (C=O) groups is 1. The largest absolute Gasteiger partial charge is 0.328 e. The van der Waals surface area contributed by atoms with Crippen LogP contribution in [-0.4, -0.2) is 25.7 Å². The van der Waals surface area contributed by atoms with Gasteiger partial charge in [0.15, 0.2) is 5.82 Å². The van der Waals surface area contributed by atoms with Gasteiger partial charge < -0.3 is 10.6 Å². The van der Waals surface area contributed by atoms with Crippen molar-refractivity contribution in [2.24, 2.45) is 0 Å². The molecule has 164 valence electrons. The first-order valence-electron chi connectivity index (χ1n) is 10.2. The number of hydrogen-bond donors (Lipinski definition) is 2. The Morgan fingerprint density at radius 1 is 1.15 bits per heavy atom. The smallest absolute Gasteiger partial charge is 0.255 e. The Morgan fingerprint density at radius 3 is 2.70 bits per heavy atom. The number of allylic oxidation sites excluding steroid dienone is 1. The van der Waals surface area contributed by atoms with Crippen molar-refractivity contribution in [1.82, 2.24) is 19.7 Å². The topological polar surface area (TPSA) is 84.7 Å². The molecule has 5 rings (SSSR count). The molecule has 7 nitrogen and oxygen atoms in total. The van der Waals surface area contributed by atoms with Crippen LogP contribution in [0.4, 0.5) is 16.0 Å². The van der Waals surface area contributed by atoms with Gasteiger partial charge in [-0.15, -0.1) is 5.10 Å². The Labute approximate surface area is 197 Å². The van der Waals surface area contributed by atoms with Crippen molar-refractivity contribution in [2.75, 3.05) is 10.6 Å². The van der Waals surface area contributed by atoms with E-state index in [1.54, 1.807) is 41.3 Å². The fourth-order valence-corrected chi connectivity index (χ4v) is 4.20. The maximum Gasteiger partial charge on any atom is 0.255 e. The fourth-order valence-electron chi connectivity index (χ4n) is 3.79. The second kappa shape index (κ2) is 8.59. The standard InChI is InChI=1S/C24H18BrFN6O/c1-14-20(23(33)29-19-6-3-11-27-13-19)21(16-4-2-5-17(25)12-16)32-24(28-14)30-22(31-32)15-7-9-18(26)10-8-15/h2-13,21H,1H3,(H,29,33)(H,28,30,31). The summed E-state index contributed by atoms with van der Waals surface area (Å²) in [6.07, 6.45) is 3.23. The van der Waals surface area contributed by atoms with E-state index in [1.807, 2.05) is 31.2 Å². The van der Waals surface area contributed by atoms with Crippen LogP contribution in [0.5, 0.6) is 0 Å². The van der Waals surface area contributed by atoms with Crippen LogP contribution in [0.1, 0.15) is 18.5 Å². The van der Waals surface area contributed by atoms with Crippen LogP contribution in [0.3, 0.4) is 0 Å². The maximum absolute atomic E-state index is 13.4. The van der Waals surface area contributed by atoms with Crippen molar-refractivity contribution < 1.29 is 9.18 Å². The Bertz CT molecular complexity index is 1370. The third-order valence-corrected chi connectivity index (χ3v) is 5.78. The lowest BCUT2D eigenvalue weighted by atomic mass is 9.95. The molecule has 0 saturated carbocycles. The summed E-state index contributed by atoms with van der Waals surface area (Å²) >= 11 is 3.52. The Kier molecular flexibility index (Phi) is 5.47. The lowest BCUT2D eigenvalue weighted by Gasteiger charge is -2.28. The van der Waals surface area contributed by atoms with E-state index in [0.29, 0.717) is 34.3 Å². The molecule has 33 heavy (non-hydrogen) atoms. The molecule has 0 saturated heterocycles. The number of carbonyl (C=O) groups excluding carboxylic acids is 1. The van der Waals surface area contributed by atoms with Gasteiger partial charge in [-0.25, -0.2) is 9.07 Å². The number of aromatic nitrogens is 4. The zero-order chi connectivity index (χ0) is 22.9. The number of halogens is 2. The van der Waals surface area contributed by atoms with Crippen LogP contribution in [0, 0.1) is 5.82 Å². The number of anilines is 2. The molecule has 3 heterocycles. The van der Waals surface area contributed by atoms with Gasteiger partial charge in [-0.1, -0.05) is 28.1 Å². The summed E-state index contributed by atoms with van der Waals surface area (Å²) in [6, 6.07) is 16.7. The van der Waals surface area contributed by atoms with Crippen LogP contribution < -0.4 is 10.6 Å². The molecular formula is C24H18BrFN6O. The summed E-state index contributed by atoms with van der Waals surface area (Å²) in [5.74, 6) is 0.316. The summed E-state index contributed by atoms with van der Waals surface area (Å²) in [4.78, 5) is 22.1. The van der Waals surface area contributed by atoms with Crippen molar-refractivity contribution >= 4 is 33.5 Å². The predicted octanol–water partition coefficient (Wildman–Crippen LogP) is 5.17. The van der Waals surface area contributed by atoms with E-state index in [1.165, 1.54) is 12.1 Å². The Hall–Kier alpha value is -3.85. The van der Waals surface area contributed by atoms with Crippen LogP contribution in [-0.2, 0) is 4.79 Å². The number of benzene rings is 2. The lowest BCUT2D eigenvalue weighted by molar-refractivity contribution is -0.113. The molecule has 1 unspecified atom stereocenters. The number of nitrogens with zero attached hydrogens (tertiary/aromatic N) is 4. The highest BCUT2D eigenvalue weighted by Crippen LogP contribution is 2.37. The molecule has 0 aliphatic carbocycles. The first-order chi connectivity index (χ1) is 16.0. The number of pyridine rings is 1. The van der Waals surface area contributed by atoms with Gasteiger partial charge in [-0.3, -0.25) is 9.78 Å². The molecule has 1 atom stereocenters. The molecule has 9 heteroatoms. The maximum atomic E-state index is 13.4. The highest BCUT2D eigenvalue weighted by atomic mass is 79.9. The van der Waals surface area contributed by atoms with E-state index >= 15 is 0 Å². The SMILES string of the molecule is CC1=C(C(=O)Nc2cccnc2)C(c2cccc(Br)c2)n2nc(-c3ccc(F)cc3)nc2N1. The summed E-state index contributed by atoms with van der Waals surface area (Å²) in [7, 11) is 0. The Balaban J connectivity index is 1.61. The van der Waals surface area contributed by atoms with E-state index in [2.05, 4.69) is 36.5 Å². The minimum atomic E-state index is -0.530. The zero-order valence-electron chi connectivity index (χ0n) is 17.5. The molecule has 2 aromatic heterocycles. The van der Waals surface area contributed by atoms with Crippen molar-refractivity contribution in [3.05, 3.63) is 100 Å². The van der Waals surface area contributed by atoms with Gasteiger partial charge in [0.1, 0.15) is 11.9 Å². The lowest BCUT2D eigenvalue weighted by Crippen LogP contribution is -2.31. The zero-order valence-corrected chi connectivity index (χ0v) is 19.0. The first-order valence-corrected chi connectivity index (χ1v) is 11.0. The van der Waals surface area contributed by atoms with Gasteiger partial charge in [0.25, 0.3) is 5.91 Å². The van der Waals surface area contributed by atoms with Crippen molar-refractivity contribution in [3.8, 4) is 11.4 Å². The highest BCUT2D eigenvalue weighted by Gasteiger charge is 2.34. The van der Waals surface area contributed by atoms with Crippen molar-refractivity contribution in [3.63, 3.8) is 0 Å². The average molecular weight is 505 g/mol. The first kappa shape index (κ1) is 21.0. The Morgan fingerprint density at radius 2 is 1.97 bits per heavy atom. The highest BCUT2D eigenvalue weighted by molar-refractivity contribution is 9.10.